The molecule has 8 nitrogen and oxygen atoms in total. The summed E-state index contributed by atoms with van der Waals surface area (Å²) in [5, 5.41) is 21.9. The molecule has 3 amide bonds. The maximum atomic E-state index is 11.6. The number of aliphatic hydroxyl groups is 1. The van der Waals surface area contributed by atoms with Gasteiger partial charge in [-0.25, -0.2) is 9.59 Å². The van der Waals surface area contributed by atoms with Gasteiger partial charge in [-0.05, 0) is 18.4 Å². The number of primary amides is 1. The molecular weight excluding hydrogens is 262 g/mol. The summed E-state index contributed by atoms with van der Waals surface area (Å²) in [7, 11) is 0. The highest BCUT2D eigenvalue weighted by Gasteiger charge is 2.21. The van der Waals surface area contributed by atoms with Crippen molar-refractivity contribution in [1.82, 2.24) is 10.6 Å². The molecular formula is C9H17N3O5S. The Balaban J connectivity index is 4.27. The fraction of sp³-hybridized carbons (Fsp3) is 0.667. The lowest BCUT2D eigenvalue weighted by atomic mass is 10.2. The van der Waals surface area contributed by atoms with Gasteiger partial charge in [0.25, 0.3) is 0 Å². The van der Waals surface area contributed by atoms with Crippen LogP contribution in [0, 0.1) is 0 Å². The van der Waals surface area contributed by atoms with Gasteiger partial charge in [0, 0.05) is 0 Å². The number of carbonyl (C=O) groups is 3. The number of urea groups is 1. The van der Waals surface area contributed by atoms with Crippen LogP contribution in [-0.4, -0.2) is 58.8 Å². The van der Waals surface area contributed by atoms with Crippen molar-refractivity contribution in [2.75, 3.05) is 18.6 Å². The van der Waals surface area contributed by atoms with Gasteiger partial charge in [0.1, 0.15) is 6.04 Å². The molecule has 0 radical (unpaired) electrons. The number of carbonyl (C=O) groups excluding carboxylic acids is 2. The Morgan fingerprint density at radius 3 is 2.44 bits per heavy atom. The van der Waals surface area contributed by atoms with E-state index in [1.807, 2.05) is 6.26 Å². The molecule has 1 unspecified atom stereocenters. The van der Waals surface area contributed by atoms with Crippen LogP contribution < -0.4 is 16.4 Å². The van der Waals surface area contributed by atoms with Crippen molar-refractivity contribution >= 4 is 29.7 Å². The van der Waals surface area contributed by atoms with E-state index in [-0.39, 0.29) is 0 Å². The molecule has 18 heavy (non-hydrogen) atoms. The van der Waals surface area contributed by atoms with E-state index in [1.54, 1.807) is 0 Å². The van der Waals surface area contributed by atoms with E-state index in [2.05, 4.69) is 10.6 Å². The smallest absolute Gasteiger partial charge is 0.334 e. The first kappa shape index (κ1) is 16.5. The molecule has 0 heterocycles. The molecule has 0 aliphatic rings. The molecule has 0 aliphatic carbocycles. The van der Waals surface area contributed by atoms with Gasteiger partial charge >= 0.3 is 12.0 Å². The minimum atomic E-state index is -1.68. The van der Waals surface area contributed by atoms with E-state index in [0.29, 0.717) is 12.2 Å². The molecule has 0 spiro atoms. The number of carboxylic acids is 1. The highest BCUT2D eigenvalue weighted by atomic mass is 32.2. The third-order valence-electron chi connectivity index (χ3n) is 2.00. The Kier molecular flexibility index (Phi) is 7.88. The van der Waals surface area contributed by atoms with Gasteiger partial charge in [-0.15, -0.1) is 0 Å². The predicted octanol–water partition coefficient (Wildman–Crippen LogP) is -1.66. The van der Waals surface area contributed by atoms with Gasteiger partial charge in [-0.2, -0.15) is 11.8 Å². The Bertz CT molecular complexity index is 313. The number of amides is 3. The lowest BCUT2D eigenvalue weighted by Crippen LogP contribution is -2.50. The largest absolute Gasteiger partial charge is 0.479 e. The number of thioether (sulfide) groups is 1. The molecule has 0 saturated carbocycles. The van der Waals surface area contributed by atoms with Crippen molar-refractivity contribution in [2.24, 2.45) is 5.73 Å². The number of hydrogen-bond acceptors (Lipinski definition) is 5. The highest BCUT2D eigenvalue weighted by molar-refractivity contribution is 7.98. The van der Waals surface area contributed by atoms with Gasteiger partial charge in [-0.1, -0.05) is 0 Å². The molecule has 0 rings (SSSR count). The van der Waals surface area contributed by atoms with Crippen molar-refractivity contribution in [1.29, 1.82) is 0 Å². The molecule has 0 aromatic carbocycles. The monoisotopic (exact) mass is 279 g/mol. The van der Waals surface area contributed by atoms with E-state index in [1.165, 1.54) is 11.8 Å². The number of aliphatic carboxylic acids is 1. The maximum absolute atomic E-state index is 11.6. The number of rotatable bonds is 8. The number of hydrogen-bond donors (Lipinski definition) is 5. The van der Waals surface area contributed by atoms with Crippen LogP contribution in [0.4, 0.5) is 4.79 Å². The first-order valence-corrected chi connectivity index (χ1v) is 6.51. The minimum absolute atomic E-state index is 0.360. The SMILES string of the molecule is CSCCC(NC(N)=O)C(=O)NC[C@H](O)C(=O)O. The van der Waals surface area contributed by atoms with Gasteiger partial charge in [0.05, 0.1) is 6.54 Å². The summed E-state index contributed by atoms with van der Waals surface area (Å²) >= 11 is 1.49. The summed E-state index contributed by atoms with van der Waals surface area (Å²) in [6.45, 7) is -0.426. The van der Waals surface area contributed by atoms with Crippen LogP contribution in [0.2, 0.25) is 0 Å². The highest BCUT2D eigenvalue weighted by Crippen LogP contribution is 2.01. The molecule has 0 aliphatic heterocycles. The topological polar surface area (TPSA) is 142 Å². The lowest BCUT2D eigenvalue weighted by molar-refractivity contribution is -0.146. The summed E-state index contributed by atoms with van der Waals surface area (Å²) in [6, 6.07) is -1.68. The number of nitrogens with two attached hydrogens (primary N) is 1. The maximum Gasteiger partial charge on any atom is 0.334 e. The van der Waals surface area contributed by atoms with Crippen molar-refractivity contribution in [3.8, 4) is 0 Å². The lowest BCUT2D eigenvalue weighted by Gasteiger charge is -2.17. The fourth-order valence-electron chi connectivity index (χ4n) is 1.08. The van der Waals surface area contributed by atoms with E-state index in [0.717, 1.165) is 0 Å². The molecule has 2 atom stereocenters. The fourth-order valence-corrected chi connectivity index (χ4v) is 1.56. The second-order valence-corrected chi connectivity index (χ2v) is 4.43. The Morgan fingerprint density at radius 1 is 1.39 bits per heavy atom. The van der Waals surface area contributed by atoms with Crippen LogP contribution in [-0.2, 0) is 9.59 Å². The molecule has 9 heteroatoms. The van der Waals surface area contributed by atoms with E-state index in [9.17, 15) is 14.4 Å². The second-order valence-electron chi connectivity index (χ2n) is 3.44. The second kappa shape index (κ2) is 8.59. The zero-order chi connectivity index (χ0) is 14.1. The minimum Gasteiger partial charge on any atom is -0.479 e. The Morgan fingerprint density at radius 2 is 2.00 bits per heavy atom. The van der Waals surface area contributed by atoms with Gasteiger partial charge in [0.2, 0.25) is 5.91 Å². The van der Waals surface area contributed by atoms with Crippen LogP contribution in [0.3, 0.4) is 0 Å². The first-order chi connectivity index (χ1) is 8.38. The van der Waals surface area contributed by atoms with Gasteiger partial charge in [-0.3, -0.25) is 4.79 Å². The van der Waals surface area contributed by atoms with Crippen LogP contribution >= 0.6 is 11.8 Å². The summed E-state index contributed by atoms with van der Waals surface area (Å²) in [6.07, 6.45) is 0.524. The van der Waals surface area contributed by atoms with E-state index in [4.69, 9.17) is 15.9 Å². The molecule has 6 N–H and O–H groups in total. The van der Waals surface area contributed by atoms with E-state index < -0.39 is 36.6 Å². The first-order valence-electron chi connectivity index (χ1n) is 5.12. The zero-order valence-corrected chi connectivity index (χ0v) is 10.7. The summed E-state index contributed by atoms with van der Waals surface area (Å²) in [4.78, 5) is 32.7. The average Bonchev–Trinajstić information content (AvgIpc) is 2.30. The molecule has 0 aromatic heterocycles. The standard InChI is InChI=1S/C9H17N3O5S/c1-18-3-2-5(12-9(10)17)7(14)11-4-6(13)8(15)16/h5-6,13H,2-4H2,1H3,(H,11,14)(H,15,16)(H3,10,12,17)/t5?,6-/m0/s1. The van der Waals surface area contributed by atoms with Crippen LogP contribution in [0.1, 0.15) is 6.42 Å². The summed E-state index contributed by atoms with van der Waals surface area (Å²) in [5.41, 5.74) is 4.93. The van der Waals surface area contributed by atoms with Gasteiger partial charge < -0.3 is 26.6 Å². The Hall–Kier alpha value is -1.48. The summed E-state index contributed by atoms with van der Waals surface area (Å²) in [5.74, 6) is -1.39. The normalized spacial score (nSPS) is 13.4. The molecule has 104 valence electrons. The predicted molar refractivity (Wildman–Crippen MR) is 66.2 cm³/mol. The van der Waals surface area contributed by atoms with Crippen LogP contribution in [0.15, 0.2) is 0 Å². The molecule has 0 fully saturated rings. The summed E-state index contributed by atoms with van der Waals surface area (Å²) < 4.78 is 0. The van der Waals surface area contributed by atoms with Crippen molar-refractivity contribution in [2.45, 2.75) is 18.6 Å². The third-order valence-corrected chi connectivity index (χ3v) is 2.64. The number of carboxylic acid groups (broad SMARTS) is 1. The molecule has 0 bridgehead atoms. The van der Waals surface area contributed by atoms with Crippen LogP contribution in [0.5, 0.6) is 0 Å². The average molecular weight is 279 g/mol. The number of aliphatic hydroxyl groups excluding tert-OH is 1. The van der Waals surface area contributed by atoms with Crippen molar-refractivity contribution in [3.05, 3.63) is 0 Å². The van der Waals surface area contributed by atoms with Crippen molar-refractivity contribution < 1.29 is 24.6 Å². The third kappa shape index (κ3) is 6.97. The van der Waals surface area contributed by atoms with Crippen LogP contribution in [0.25, 0.3) is 0 Å². The molecule has 0 saturated heterocycles. The zero-order valence-electron chi connectivity index (χ0n) is 9.88. The Labute approximate surface area is 108 Å². The van der Waals surface area contributed by atoms with Crippen molar-refractivity contribution in [3.63, 3.8) is 0 Å². The molecule has 0 aromatic rings. The number of nitrogens with one attached hydrogen (secondary N) is 2. The van der Waals surface area contributed by atoms with E-state index >= 15 is 0 Å². The van der Waals surface area contributed by atoms with Gasteiger partial charge in [0.15, 0.2) is 6.10 Å². The quantitative estimate of drug-likeness (QED) is 0.360.